The van der Waals surface area contributed by atoms with E-state index in [1.165, 1.54) is 12.5 Å². The van der Waals surface area contributed by atoms with Crippen molar-refractivity contribution in [1.82, 2.24) is 9.78 Å². The molecule has 0 aliphatic carbocycles. The summed E-state index contributed by atoms with van der Waals surface area (Å²) in [5.41, 5.74) is 2.88. The molecule has 0 unspecified atom stereocenters. The molecule has 1 heterocycles. The summed E-state index contributed by atoms with van der Waals surface area (Å²) in [6, 6.07) is 9.82. The number of carbonyl (C=O) groups is 1. The van der Waals surface area contributed by atoms with E-state index in [2.05, 4.69) is 5.10 Å². The van der Waals surface area contributed by atoms with Gasteiger partial charge in [-0.05, 0) is 26.3 Å². The van der Waals surface area contributed by atoms with Crippen molar-refractivity contribution in [2.45, 2.75) is 33.4 Å². The zero-order valence-corrected chi connectivity index (χ0v) is 13.4. The molecule has 0 N–H and O–H groups in total. The number of carbonyl (C=O) groups excluding carboxylic acids is 1. The monoisotopic (exact) mass is 317 g/mol. The molecule has 2 aromatic rings. The van der Waals surface area contributed by atoms with Gasteiger partial charge in [0.25, 0.3) is 0 Å². The van der Waals surface area contributed by atoms with Crippen LogP contribution in [0.5, 0.6) is 0 Å². The Balaban J connectivity index is 2.25. The number of rotatable bonds is 4. The Morgan fingerprint density at radius 2 is 2.05 bits per heavy atom. The number of halogens is 1. The molecular weight excluding hydrogens is 302 g/mol. The van der Waals surface area contributed by atoms with Crippen molar-refractivity contribution in [3.05, 3.63) is 51.8 Å². The predicted molar refractivity (Wildman–Crippen MR) is 82.7 cm³/mol. The second-order valence-corrected chi connectivity index (χ2v) is 5.43. The van der Waals surface area contributed by atoms with Crippen molar-refractivity contribution in [2.24, 2.45) is 0 Å². The number of hydrogen-bond acceptors (Lipinski definition) is 4. The van der Waals surface area contributed by atoms with Crippen molar-refractivity contribution >= 4 is 17.6 Å². The lowest BCUT2D eigenvalue weighted by molar-refractivity contribution is 0.0435. The van der Waals surface area contributed by atoms with Gasteiger partial charge in [-0.25, -0.2) is 9.48 Å². The summed E-state index contributed by atoms with van der Waals surface area (Å²) >= 11 is 6.25. The van der Waals surface area contributed by atoms with Gasteiger partial charge >= 0.3 is 5.97 Å². The van der Waals surface area contributed by atoms with Crippen molar-refractivity contribution in [3.63, 3.8) is 0 Å². The SMILES string of the molecule is Cc1ccc(Cn2nc(C)c(C(=O)O[C@H](C)C#N)c2Cl)cc1. The van der Waals surface area contributed by atoms with Gasteiger partial charge in [-0.3, -0.25) is 0 Å². The number of nitriles is 1. The molecule has 0 radical (unpaired) electrons. The normalized spacial score (nSPS) is 11.8. The van der Waals surface area contributed by atoms with Crippen molar-refractivity contribution < 1.29 is 9.53 Å². The third kappa shape index (κ3) is 3.46. The topological polar surface area (TPSA) is 67.9 Å². The van der Waals surface area contributed by atoms with Crippen LogP contribution in [-0.2, 0) is 11.3 Å². The maximum Gasteiger partial charge on any atom is 0.344 e. The standard InChI is InChI=1S/C16H16ClN3O2/c1-10-4-6-13(7-5-10)9-20-15(17)14(12(3)19-20)16(21)22-11(2)8-18/h4-7,11H,9H2,1-3H3/t11-/m1/s1. The van der Waals surface area contributed by atoms with Crippen LogP contribution in [0.2, 0.25) is 5.15 Å². The van der Waals surface area contributed by atoms with E-state index in [0.29, 0.717) is 12.2 Å². The molecule has 0 bridgehead atoms. The minimum Gasteiger partial charge on any atom is -0.444 e. The molecule has 22 heavy (non-hydrogen) atoms. The molecule has 2 rings (SSSR count). The molecule has 0 amide bonds. The Labute approximate surface area is 134 Å². The Kier molecular flexibility index (Phi) is 4.84. The highest BCUT2D eigenvalue weighted by Crippen LogP contribution is 2.22. The number of nitrogens with zero attached hydrogens (tertiary/aromatic N) is 3. The maximum absolute atomic E-state index is 12.1. The Morgan fingerprint density at radius 1 is 1.41 bits per heavy atom. The van der Waals surface area contributed by atoms with Crippen molar-refractivity contribution in [2.75, 3.05) is 0 Å². The summed E-state index contributed by atoms with van der Waals surface area (Å²) in [6.45, 7) is 5.66. The van der Waals surface area contributed by atoms with Gasteiger partial charge in [-0.2, -0.15) is 10.4 Å². The number of aryl methyl sites for hydroxylation is 2. The van der Waals surface area contributed by atoms with Crippen LogP contribution in [-0.4, -0.2) is 21.9 Å². The molecule has 1 aromatic heterocycles. The fraction of sp³-hybridized carbons (Fsp3) is 0.312. The molecule has 0 aliphatic rings. The highest BCUT2D eigenvalue weighted by atomic mass is 35.5. The minimum absolute atomic E-state index is 0.205. The molecule has 0 saturated carbocycles. The lowest BCUT2D eigenvalue weighted by atomic mass is 10.1. The molecule has 0 fully saturated rings. The smallest absolute Gasteiger partial charge is 0.344 e. The van der Waals surface area contributed by atoms with E-state index in [1.54, 1.807) is 11.6 Å². The van der Waals surface area contributed by atoms with E-state index < -0.39 is 12.1 Å². The lowest BCUT2D eigenvalue weighted by Crippen LogP contribution is -2.14. The van der Waals surface area contributed by atoms with Crippen LogP contribution in [0, 0.1) is 25.2 Å². The first kappa shape index (κ1) is 16.1. The Morgan fingerprint density at radius 3 is 2.64 bits per heavy atom. The molecule has 114 valence electrons. The number of hydrogen-bond donors (Lipinski definition) is 0. The first-order valence-corrected chi connectivity index (χ1v) is 7.19. The van der Waals surface area contributed by atoms with E-state index in [1.807, 2.05) is 37.3 Å². The largest absolute Gasteiger partial charge is 0.444 e. The highest BCUT2D eigenvalue weighted by molar-refractivity contribution is 6.32. The van der Waals surface area contributed by atoms with E-state index in [0.717, 1.165) is 5.56 Å². The lowest BCUT2D eigenvalue weighted by Gasteiger charge is -2.06. The van der Waals surface area contributed by atoms with Crippen molar-refractivity contribution in [3.8, 4) is 6.07 Å². The van der Waals surface area contributed by atoms with E-state index in [4.69, 9.17) is 21.6 Å². The average molecular weight is 318 g/mol. The molecule has 0 aliphatic heterocycles. The van der Waals surface area contributed by atoms with Crippen LogP contribution in [0.1, 0.15) is 34.1 Å². The minimum atomic E-state index is -0.830. The van der Waals surface area contributed by atoms with Gasteiger partial charge in [0, 0.05) is 0 Å². The summed E-state index contributed by atoms with van der Waals surface area (Å²) in [5.74, 6) is -0.633. The van der Waals surface area contributed by atoms with Gasteiger partial charge in [-0.1, -0.05) is 41.4 Å². The third-order valence-electron chi connectivity index (χ3n) is 3.19. The zero-order valence-electron chi connectivity index (χ0n) is 12.6. The van der Waals surface area contributed by atoms with E-state index in [9.17, 15) is 4.79 Å². The summed E-state index contributed by atoms with van der Waals surface area (Å²) in [5, 5.41) is 13.2. The molecule has 1 atom stereocenters. The van der Waals surface area contributed by atoms with Crippen LogP contribution in [0.3, 0.4) is 0 Å². The van der Waals surface area contributed by atoms with Crippen LogP contribution >= 0.6 is 11.6 Å². The second-order valence-electron chi connectivity index (χ2n) is 5.07. The number of aromatic nitrogens is 2. The molecule has 5 nitrogen and oxygen atoms in total. The summed E-state index contributed by atoms with van der Waals surface area (Å²) in [7, 11) is 0. The number of benzene rings is 1. The Hall–Kier alpha value is -2.32. The van der Waals surface area contributed by atoms with Crippen molar-refractivity contribution in [1.29, 1.82) is 5.26 Å². The predicted octanol–water partition coefficient (Wildman–Crippen LogP) is 3.27. The van der Waals surface area contributed by atoms with Crippen LogP contribution in [0.25, 0.3) is 0 Å². The maximum atomic E-state index is 12.1. The summed E-state index contributed by atoms with van der Waals surface area (Å²) in [6.07, 6.45) is -0.830. The Bertz CT molecular complexity index is 729. The molecule has 1 aromatic carbocycles. The fourth-order valence-electron chi connectivity index (χ4n) is 2.00. The average Bonchev–Trinajstić information content (AvgIpc) is 2.75. The molecular formula is C16H16ClN3O2. The quantitative estimate of drug-likeness (QED) is 0.812. The molecule has 0 saturated heterocycles. The molecule has 0 spiro atoms. The zero-order chi connectivity index (χ0) is 16.3. The first-order valence-electron chi connectivity index (χ1n) is 6.81. The second kappa shape index (κ2) is 6.63. The van der Waals surface area contributed by atoms with Gasteiger partial charge in [0.05, 0.1) is 12.2 Å². The summed E-state index contributed by atoms with van der Waals surface area (Å²) < 4.78 is 6.54. The summed E-state index contributed by atoms with van der Waals surface area (Å²) in [4.78, 5) is 12.1. The van der Waals surface area contributed by atoms with Gasteiger partial charge in [0.1, 0.15) is 16.8 Å². The number of ether oxygens (including phenoxy) is 1. The first-order chi connectivity index (χ1) is 10.4. The van der Waals surface area contributed by atoms with Gasteiger partial charge in [-0.15, -0.1) is 0 Å². The van der Waals surface area contributed by atoms with Crippen LogP contribution < -0.4 is 0 Å². The number of esters is 1. The van der Waals surface area contributed by atoms with Gasteiger partial charge in [0.15, 0.2) is 6.10 Å². The fourth-order valence-corrected chi connectivity index (χ4v) is 2.31. The van der Waals surface area contributed by atoms with E-state index in [-0.39, 0.29) is 10.7 Å². The third-order valence-corrected chi connectivity index (χ3v) is 3.57. The van der Waals surface area contributed by atoms with Crippen LogP contribution in [0.4, 0.5) is 0 Å². The highest BCUT2D eigenvalue weighted by Gasteiger charge is 2.23. The van der Waals surface area contributed by atoms with Crippen LogP contribution in [0.15, 0.2) is 24.3 Å². The van der Waals surface area contributed by atoms with Gasteiger partial charge in [0.2, 0.25) is 0 Å². The van der Waals surface area contributed by atoms with E-state index >= 15 is 0 Å². The van der Waals surface area contributed by atoms with Gasteiger partial charge < -0.3 is 4.74 Å². The molecule has 6 heteroatoms.